The third-order valence-corrected chi connectivity index (χ3v) is 4.77. The fraction of sp³-hybridized carbons (Fsp3) is 0.611. The van der Waals surface area contributed by atoms with Gasteiger partial charge in [0.2, 0.25) is 15.9 Å². The SMILES string of the molecule is CC(C)OCCCNC(=O)CN(c1ccc(C(C)C)cc1)S(C)(=O)=O. The monoisotopic (exact) mass is 370 g/mol. The number of carbonyl (C=O) groups is 1. The number of carbonyl (C=O) groups excluding carboxylic acids is 1. The van der Waals surface area contributed by atoms with Gasteiger partial charge in [-0.3, -0.25) is 9.10 Å². The summed E-state index contributed by atoms with van der Waals surface area (Å²) in [6.07, 6.45) is 1.95. The van der Waals surface area contributed by atoms with Crippen molar-refractivity contribution in [1.82, 2.24) is 5.32 Å². The molecule has 0 unspecified atom stereocenters. The Morgan fingerprint density at radius 3 is 2.24 bits per heavy atom. The summed E-state index contributed by atoms with van der Waals surface area (Å²) in [5.41, 5.74) is 1.61. The summed E-state index contributed by atoms with van der Waals surface area (Å²) in [6, 6.07) is 7.25. The maximum atomic E-state index is 12.1. The van der Waals surface area contributed by atoms with E-state index >= 15 is 0 Å². The predicted molar refractivity (Wildman–Crippen MR) is 101 cm³/mol. The van der Waals surface area contributed by atoms with Crippen LogP contribution in [0.25, 0.3) is 0 Å². The summed E-state index contributed by atoms with van der Waals surface area (Å²) in [6.45, 7) is 8.82. The van der Waals surface area contributed by atoms with Gasteiger partial charge in [-0.05, 0) is 43.9 Å². The van der Waals surface area contributed by atoms with Crippen LogP contribution in [0.2, 0.25) is 0 Å². The van der Waals surface area contributed by atoms with Crippen LogP contribution in [0.4, 0.5) is 5.69 Å². The molecule has 1 aromatic carbocycles. The summed E-state index contributed by atoms with van der Waals surface area (Å²) in [7, 11) is -3.54. The number of rotatable bonds is 10. The number of ether oxygens (including phenoxy) is 1. The molecule has 0 heterocycles. The molecule has 0 aromatic heterocycles. The van der Waals surface area contributed by atoms with Crippen molar-refractivity contribution in [2.75, 3.05) is 30.3 Å². The topological polar surface area (TPSA) is 75.7 Å². The zero-order chi connectivity index (χ0) is 19.0. The van der Waals surface area contributed by atoms with Crippen molar-refractivity contribution in [3.05, 3.63) is 29.8 Å². The zero-order valence-electron chi connectivity index (χ0n) is 15.8. The van der Waals surface area contributed by atoms with Crippen LogP contribution in [-0.2, 0) is 19.6 Å². The largest absolute Gasteiger partial charge is 0.379 e. The van der Waals surface area contributed by atoms with Gasteiger partial charge < -0.3 is 10.1 Å². The van der Waals surface area contributed by atoms with Crippen LogP contribution < -0.4 is 9.62 Å². The number of amides is 1. The molecule has 0 spiro atoms. The van der Waals surface area contributed by atoms with Gasteiger partial charge in [-0.2, -0.15) is 0 Å². The summed E-state index contributed by atoms with van der Waals surface area (Å²) >= 11 is 0. The van der Waals surface area contributed by atoms with Crippen molar-refractivity contribution >= 4 is 21.6 Å². The van der Waals surface area contributed by atoms with Crippen LogP contribution in [-0.4, -0.2) is 46.4 Å². The molecule has 0 aliphatic carbocycles. The lowest BCUT2D eigenvalue weighted by atomic mass is 10.0. The number of hydrogen-bond donors (Lipinski definition) is 1. The van der Waals surface area contributed by atoms with E-state index in [4.69, 9.17) is 4.74 Å². The molecule has 1 aromatic rings. The number of anilines is 1. The molecule has 25 heavy (non-hydrogen) atoms. The second-order valence-corrected chi connectivity index (χ2v) is 8.55. The normalized spacial score (nSPS) is 11.8. The number of sulfonamides is 1. The summed E-state index contributed by atoms with van der Waals surface area (Å²) < 4.78 is 30.6. The molecule has 0 saturated carbocycles. The van der Waals surface area contributed by atoms with Crippen molar-refractivity contribution in [3.8, 4) is 0 Å². The minimum atomic E-state index is -3.54. The number of hydrogen-bond acceptors (Lipinski definition) is 4. The molecule has 0 saturated heterocycles. The average molecular weight is 371 g/mol. The number of nitrogens with zero attached hydrogens (tertiary/aromatic N) is 1. The van der Waals surface area contributed by atoms with Gasteiger partial charge in [0.05, 0.1) is 18.0 Å². The second kappa shape index (κ2) is 9.77. The Kier molecular flexibility index (Phi) is 8.38. The molecule has 7 heteroatoms. The van der Waals surface area contributed by atoms with Crippen LogP contribution >= 0.6 is 0 Å². The van der Waals surface area contributed by atoms with Gasteiger partial charge in [0.1, 0.15) is 6.54 Å². The van der Waals surface area contributed by atoms with Crippen molar-refractivity contribution in [2.45, 2.75) is 46.1 Å². The quantitative estimate of drug-likeness (QED) is 0.642. The molecule has 142 valence electrons. The van der Waals surface area contributed by atoms with Gasteiger partial charge >= 0.3 is 0 Å². The minimum Gasteiger partial charge on any atom is -0.379 e. The van der Waals surface area contributed by atoms with E-state index in [0.29, 0.717) is 31.2 Å². The highest BCUT2D eigenvalue weighted by molar-refractivity contribution is 7.92. The highest BCUT2D eigenvalue weighted by atomic mass is 32.2. The zero-order valence-corrected chi connectivity index (χ0v) is 16.6. The lowest BCUT2D eigenvalue weighted by molar-refractivity contribution is -0.119. The molecule has 0 radical (unpaired) electrons. The maximum Gasteiger partial charge on any atom is 0.240 e. The average Bonchev–Trinajstić information content (AvgIpc) is 2.51. The van der Waals surface area contributed by atoms with Gasteiger partial charge in [0.15, 0.2) is 0 Å². The molecule has 0 bridgehead atoms. The Balaban J connectivity index is 2.66. The van der Waals surface area contributed by atoms with Crippen LogP contribution in [0.5, 0.6) is 0 Å². The van der Waals surface area contributed by atoms with Gasteiger partial charge in [-0.25, -0.2) is 8.42 Å². The van der Waals surface area contributed by atoms with Gasteiger partial charge in [-0.15, -0.1) is 0 Å². The van der Waals surface area contributed by atoms with Gasteiger partial charge in [-0.1, -0.05) is 26.0 Å². The molecular formula is C18H30N2O4S. The van der Waals surface area contributed by atoms with E-state index in [9.17, 15) is 13.2 Å². The van der Waals surface area contributed by atoms with E-state index in [0.717, 1.165) is 16.1 Å². The van der Waals surface area contributed by atoms with E-state index in [1.807, 2.05) is 26.0 Å². The molecule has 1 rings (SSSR count). The maximum absolute atomic E-state index is 12.1. The van der Waals surface area contributed by atoms with Crippen LogP contribution in [0.1, 0.15) is 45.6 Å². The molecule has 6 nitrogen and oxygen atoms in total. The molecule has 0 aliphatic rings. The van der Waals surface area contributed by atoms with Gasteiger partial charge in [0, 0.05) is 13.2 Å². The second-order valence-electron chi connectivity index (χ2n) is 6.64. The van der Waals surface area contributed by atoms with E-state index in [2.05, 4.69) is 19.2 Å². The fourth-order valence-corrected chi connectivity index (χ4v) is 3.09. The van der Waals surface area contributed by atoms with Crippen molar-refractivity contribution in [1.29, 1.82) is 0 Å². The molecular weight excluding hydrogens is 340 g/mol. The van der Waals surface area contributed by atoms with E-state index < -0.39 is 10.0 Å². The van der Waals surface area contributed by atoms with Crippen LogP contribution in [0.15, 0.2) is 24.3 Å². The van der Waals surface area contributed by atoms with Gasteiger partial charge in [0.25, 0.3) is 0 Å². The van der Waals surface area contributed by atoms with Crippen LogP contribution in [0, 0.1) is 0 Å². The first-order valence-corrected chi connectivity index (χ1v) is 10.4. The Morgan fingerprint density at radius 2 is 1.76 bits per heavy atom. The first-order chi connectivity index (χ1) is 11.6. The lowest BCUT2D eigenvalue weighted by Gasteiger charge is -2.22. The Morgan fingerprint density at radius 1 is 1.16 bits per heavy atom. The van der Waals surface area contributed by atoms with Crippen molar-refractivity contribution < 1.29 is 17.9 Å². The predicted octanol–water partition coefficient (Wildman–Crippen LogP) is 2.51. The summed E-state index contributed by atoms with van der Waals surface area (Å²) in [5.74, 6) is 0.0278. The Hall–Kier alpha value is -1.60. The molecule has 1 amide bonds. The highest BCUT2D eigenvalue weighted by Gasteiger charge is 2.20. The van der Waals surface area contributed by atoms with Crippen molar-refractivity contribution in [2.24, 2.45) is 0 Å². The standard InChI is InChI=1S/C18H30N2O4S/c1-14(2)16-7-9-17(10-8-16)20(25(5,22)23)13-18(21)19-11-6-12-24-15(3)4/h7-10,14-15H,6,11-13H2,1-5H3,(H,19,21). The van der Waals surface area contributed by atoms with Crippen LogP contribution in [0.3, 0.4) is 0 Å². The number of nitrogens with one attached hydrogen (secondary N) is 1. The fourth-order valence-electron chi connectivity index (χ4n) is 2.23. The first-order valence-electron chi connectivity index (χ1n) is 8.57. The first kappa shape index (κ1) is 21.4. The highest BCUT2D eigenvalue weighted by Crippen LogP contribution is 2.21. The third kappa shape index (κ3) is 7.88. The van der Waals surface area contributed by atoms with E-state index in [-0.39, 0.29) is 18.6 Å². The van der Waals surface area contributed by atoms with E-state index in [1.165, 1.54) is 0 Å². The third-order valence-electron chi connectivity index (χ3n) is 3.63. The molecule has 1 N–H and O–H groups in total. The number of benzene rings is 1. The molecule has 0 aliphatic heterocycles. The summed E-state index contributed by atoms with van der Waals surface area (Å²) in [4.78, 5) is 12.1. The van der Waals surface area contributed by atoms with Crippen molar-refractivity contribution in [3.63, 3.8) is 0 Å². The molecule has 0 atom stereocenters. The smallest absolute Gasteiger partial charge is 0.240 e. The summed E-state index contributed by atoms with van der Waals surface area (Å²) in [5, 5.41) is 2.73. The van der Waals surface area contributed by atoms with E-state index in [1.54, 1.807) is 12.1 Å². The lowest BCUT2D eigenvalue weighted by Crippen LogP contribution is -2.40. The molecule has 0 fully saturated rings. The minimum absolute atomic E-state index is 0.158. The Labute approximate surface area is 151 Å². The Bertz CT molecular complexity index is 640.